The second-order valence-electron chi connectivity index (χ2n) is 5.15. The predicted molar refractivity (Wildman–Crippen MR) is 78.2 cm³/mol. The van der Waals surface area contributed by atoms with Gasteiger partial charge in [0, 0.05) is 16.1 Å². The number of benzene rings is 1. The molecule has 1 aromatic carbocycles. The van der Waals surface area contributed by atoms with E-state index in [9.17, 15) is 4.39 Å². The van der Waals surface area contributed by atoms with Gasteiger partial charge in [-0.1, -0.05) is 28.9 Å². The summed E-state index contributed by atoms with van der Waals surface area (Å²) in [6, 6.07) is 4.76. The lowest BCUT2D eigenvalue weighted by molar-refractivity contribution is 0.131. The molecule has 0 aliphatic rings. The number of hydrogen-bond acceptors (Lipinski definition) is 2. The fourth-order valence-electron chi connectivity index (χ4n) is 2.05. The molecule has 18 heavy (non-hydrogen) atoms. The molecule has 2 unspecified atom stereocenters. The standard InChI is InChI=1S/C14H22BrFN2/c1-5-14(2,18(3)4)13(17)8-10-6-7-11(16)9-12(10)15/h6-7,9,13H,5,8,17H2,1-4H3. The number of nitrogens with two attached hydrogens (primary N) is 1. The van der Waals surface area contributed by atoms with Crippen LogP contribution >= 0.6 is 15.9 Å². The van der Waals surface area contributed by atoms with E-state index in [4.69, 9.17) is 5.73 Å². The second-order valence-corrected chi connectivity index (χ2v) is 6.01. The minimum Gasteiger partial charge on any atom is -0.326 e. The summed E-state index contributed by atoms with van der Waals surface area (Å²) < 4.78 is 13.8. The Balaban J connectivity index is 2.89. The molecule has 1 aromatic rings. The first-order valence-corrected chi connectivity index (χ1v) is 6.97. The van der Waals surface area contributed by atoms with Crippen LogP contribution in [0.1, 0.15) is 25.8 Å². The number of halogens is 2. The van der Waals surface area contributed by atoms with Crippen molar-refractivity contribution in [3.8, 4) is 0 Å². The van der Waals surface area contributed by atoms with Gasteiger partial charge in [-0.3, -0.25) is 0 Å². The molecule has 4 heteroatoms. The Kier molecular flexibility index (Phi) is 5.32. The maximum Gasteiger partial charge on any atom is 0.124 e. The summed E-state index contributed by atoms with van der Waals surface area (Å²) in [7, 11) is 4.09. The lowest BCUT2D eigenvalue weighted by Gasteiger charge is -2.41. The van der Waals surface area contributed by atoms with Gasteiger partial charge < -0.3 is 10.6 Å². The maximum absolute atomic E-state index is 13.0. The van der Waals surface area contributed by atoms with Crippen LogP contribution in [0.2, 0.25) is 0 Å². The molecule has 0 bridgehead atoms. The first-order chi connectivity index (χ1) is 8.31. The molecule has 1 rings (SSSR count). The van der Waals surface area contributed by atoms with Crippen LogP contribution in [0.25, 0.3) is 0 Å². The Morgan fingerprint density at radius 1 is 1.44 bits per heavy atom. The van der Waals surface area contributed by atoms with Crippen molar-refractivity contribution >= 4 is 15.9 Å². The molecule has 0 fully saturated rings. The number of nitrogens with zero attached hydrogens (tertiary/aromatic N) is 1. The number of hydrogen-bond donors (Lipinski definition) is 1. The summed E-state index contributed by atoms with van der Waals surface area (Å²) in [5.74, 6) is -0.231. The molecule has 0 aromatic heterocycles. The van der Waals surface area contributed by atoms with Gasteiger partial charge in [0.25, 0.3) is 0 Å². The van der Waals surface area contributed by atoms with Gasteiger partial charge in [-0.25, -0.2) is 4.39 Å². The average molecular weight is 317 g/mol. The van der Waals surface area contributed by atoms with E-state index in [0.29, 0.717) is 0 Å². The van der Waals surface area contributed by atoms with E-state index < -0.39 is 0 Å². The molecule has 0 heterocycles. The summed E-state index contributed by atoms with van der Waals surface area (Å²) >= 11 is 3.39. The molecule has 0 aliphatic heterocycles. The van der Waals surface area contributed by atoms with Crippen LogP contribution in [-0.2, 0) is 6.42 Å². The van der Waals surface area contributed by atoms with Crippen molar-refractivity contribution in [2.45, 2.75) is 38.3 Å². The van der Waals surface area contributed by atoms with Gasteiger partial charge in [0.1, 0.15) is 5.82 Å². The molecule has 0 amide bonds. The molecule has 0 saturated carbocycles. The number of rotatable bonds is 5. The highest BCUT2D eigenvalue weighted by Gasteiger charge is 2.32. The average Bonchev–Trinajstić information content (AvgIpc) is 2.31. The van der Waals surface area contributed by atoms with Gasteiger partial charge in [0.2, 0.25) is 0 Å². The zero-order valence-electron chi connectivity index (χ0n) is 11.5. The van der Waals surface area contributed by atoms with Crippen molar-refractivity contribution in [3.63, 3.8) is 0 Å². The Morgan fingerprint density at radius 3 is 2.50 bits per heavy atom. The highest BCUT2D eigenvalue weighted by Crippen LogP contribution is 2.25. The smallest absolute Gasteiger partial charge is 0.124 e. The Morgan fingerprint density at radius 2 is 2.06 bits per heavy atom. The zero-order chi connectivity index (χ0) is 13.9. The third-order valence-electron chi connectivity index (χ3n) is 3.99. The van der Waals surface area contributed by atoms with Crippen molar-refractivity contribution in [2.24, 2.45) is 5.73 Å². The second kappa shape index (κ2) is 6.13. The Bertz CT molecular complexity index is 409. The lowest BCUT2D eigenvalue weighted by atomic mass is 9.85. The summed E-state index contributed by atoms with van der Waals surface area (Å²) in [4.78, 5) is 2.16. The van der Waals surface area contributed by atoms with E-state index in [0.717, 1.165) is 22.9 Å². The van der Waals surface area contributed by atoms with Crippen molar-refractivity contribution < 1.29 is 4.39 Å². The van der Waals surface area contributed by atoms with Crippen LogP contribution in [0.15, 0.2) is 22.7 Å². The number of likely N-dealkylation sites (N-methyl/N-ethyl adjacent to an activating group) is 1. The normalized spacial score (nSPS) is 16.7. The van der Waals surface area contributed by atoms with Gasteiger partial charge >= 0.3 is 0 Å². The summed E-state index contributed by atoms with van der Waals surface area (Å²) in [5, 5.41) is 0. The van der Waals surface area contributed by atoms with E-state index in [-0.39, 0.29) is 17.4 Å². The quantitative estimate of drug-likeness (QED) is 0.904. The van der Waals surface area contributed by atoms with E-state index in [1.165, 1.54) is 12.1 Å². The Hall–Kier alpha value is -0.450. The van der Waals surface area contributed by atoms with Gasteiger partial charge in [-0.15, -0.1) is 0 Å². The highest BCUT2D eigenvalue weighted by molar-refractivity contribution is 9.10. The van der Waals surface area contributed by atoms with Gasteiger partial charge in [-0.2, -0.15) is 0 Å². The van der Waals surface area contributed by atoms with Crippen LogP contribution in [0.4, 0.5) is 4.39 Å². The van der Waals surface area contributed by atoms with Gasteiger partial charge in [0.15, 0.2) is 0 Å². The highest BCUT2D eigenvalue weighted by atomic mass is 79.9. The lowest BCUT2D eigenvalue weighted by Crippen LogP contribution is -2.55. The summed E-state index contributed by atoms with van der Waals surface area (Å²) in [6.07, 6.45) is 1.70. The molecule has 2 atom stereocenters. The third-order valence-corrected chi connectivity index (χ3v) is 4.73. The van der Waals surface area contributed by atoms with Crippen molar-refractivity contribution in [1.82, 2.24) is 4.90 Å². The molecule has 102 valence electrons. The zero-order valence-corrected chi connectivity index (χ0v) is 13.1. The summed E-state index contributed by atoms with van der Waals surface area (Å²) in [5.41, 5.74) is 7.33. The van der Waals surface area contributed by atoms with E-state index in [1.807, 2.05) is 14.1 Å². The van der Waals surface area contributed by atoms with E-state index in [2.05, 4.69) is 34.7 Å². The minimum atomic E-state index is -0.231. The van der Waals surface area contributed by atoms with Crippen LogP contribution in [0, 0.1) is 5.82 Å². The fourth-order valence-corrected chi connectivity index (χ4v) is 2.57. The molecular formula is C14H22BrFN2. The molecule has 2 nitrogen and oxygen atoms in total. The van der Waals surface area contributed by atoms with Crippen molar-refractivity contribution in [3.05, 3.63) is 34.1 Å². The molecule has 0 saturated heterocycles. The molecule has 0 radical (unpaired) electrons. The molecule has 2 N–H and O–H groups in total. The predicted octanol–water partition coefficient (Wildman–Crippen LogP) is 3.19. The molecule has 0 spiro atoms. The maximum atomic E-state index is 13.0. The van der Waals surface area contributed by atoms with Crippen LogP contribution < -0.4 is 5.73 Å². The van der Waals surface area contributed by atoms with E-state index in [1.54, 1.807) is 6.07 Å². The van der Waals surface area contributed by atoms with Crippen LogP contribution in [0.5, 0.6) is 0 Å². The van der Waals surface area contributed by atoms with Crippen LogP contribution in [0.3, 0.4) is 0 Å². The SMILES string of the molecule is CCC(C)(C(N)Cc1ccc(F)cc1Br)N(C)C. The Labute approximate surface area is 117 Å². The van der Waals surface area contributed by atoms with Crippen LogP contribution in [-0.4, -0.2) is 30.6 Å². The van der Waals surface area contributed by atoms with Gasteiger partial charge in [-0.05, 0) is 51.6 Å². The van der Waals surface area contributed by atoms with Crippen molar-refractivity contribution in [2.75, 3.05) is 14.1 Å². The first kappa shape index (κ1) is 15.6. The monoisotopic (exact) mass is 316 g/mol. The van der Waals surface area contributed by atoms with Crippen molar-refractivity contribution in [1.29, 1.82) is 0 Å². The molecular weight excluding hydrogens is 295 g/mol. The van der Waals surface area contributed by atoms with E-state index >= 15 is 0 Å². The largest absolute Gasteiger partial charge is 0.326 e. The molecule has 0 aliphatic carbocycles. The van der Waals surface area contributed by atoms with Gasteiger partial charge in [0.05, 0.1) is 0 Å². The fraction of sp³-hybridized carbons (Fsp3) is 0.571. The first-order valence-electron chi connectivity index (χ1n) is 6.18. The third kappa shape index (κ3) is 3.31. The summed E-state index contributed by atoms with van der Waals surface area (Å²) in [6.45, 7) is 4.30. The topological polar surface area (TPSA) is 29.3 Å². The minimum absolute atomic E-state index is 0.000684.